The van der Waals surface area contributed by atoms with Gasteiger partial charge in [-0.25, -0.2) is 13.2 Å². The van der Waals surface area contributed by atoms with Gasteiger partial charge in [0.15, 0.2) is 12.4 Å². The normalized spacial score (nSPS) is 11.2. The highest BCUT2D eigenvalue weighted by Gasteiger charge is 2.23. The molecular weight excluding hydrogens is 504 g/mol. The van der Waals surface area contributed by atoms with Crippen molar-refractivity contribution in [3.05, 3.63) is 94.5 Å². The van der Waals surface area contributed by atoms with E-state index in [9.17, 15) is 22.8 Å². The van der Waals surface area contributed by atoms with Crippen LogP contribution in [0.4, 0.5) is 5.69 Å². The maximum absolute atomic E-state index is 12.9. The fourth-order valence-electron chi connectivity index (χ4n) is 3.47. The second-order valence-electron chi connectivity index (χ2n) is 7.62. The summed E-state index contributed by atoms with van der Waals surface area (Å²) in [5.41, 5.74) is 0.719. The lowest BCUT2D eigenvalue weighted by atomic mass is 9.98. The Hall–Kier alpha value is -3.53. The number of sulfonamides is 1. The number of hydrogen-bond donors (Lipinski definition) is 1. The number of hydrogen-bond acceptors (Lipinski definition) is 6. The number of rotatable bonds is 10. The van der Waals surface area contributed by atoms with Gasteiger partial charge in [0.05, 0.1) is 10.5 Å². The van der Waals surface area contributed by atoms with E-state index in [0.717, 1.165) is 0 Å². The molecule has 1 N–H and O–H groups in total. The van der Waals surface area contributed by atoms with Crippen molar-refractivity contribution < 1.29 is 27.5 Å². The lowest BCUT2D eigenvalue weighted by Gasteiger charge is -2.18. The van der Waals surface area contributed by atoms with Gasteiger partial charge in [-0.3, -0.25) is 9.59 Å². The second-order valence-corrected chi connectivity index (χ2v) is 10.00. The van der Waals surface area contributed by atoms with Crippen LogP contribution in [-0.2, 0) is 19.6 Å². The number of carbonyl (C=O) groups excluding carboxylic acids is 3. The van der Waals surface area contributed by atoms with E-state index in [0.29, 0.717) is 23.7 Å². The molecule has 0 atom stereocenters. The largest absolute Gasteiger partial charge is 0.452 e. The minimum atomic E-state index is -3.70. The first-order valence-corrected chi connectivity index (χ1v) is 13.0. The predicted octanol–water partition coefficient (Wildman–Crippen LogP) is 4.40. The molecule has 0 saturated heterocycles. The molecule has 10 heteroatoms. The zero-order valence-electron chi connectivity index (χ0n) is 19.7. The standard InChI is InChI=1S/C26H25ClN2O6S/c1-3-29(4-2)36(33,34)21-9-7-8-20(16-21)28-24(30)17-35-26(32)23-11-6-5-10-22(23)25(31)18-12-14-19(27)15-13-18/h5-16H,3-4,17H2,1-2H3,(H,28,30). The number of carbonyl (C=O) groups is 3. The number of ether oxygens (including phenoxy) is 1. The van der Waals surface area contributed by atoms with Crippen molar-refractivity contribution in [1.29, 1.82) is 0 Å². The minimum Gasteiger partial charge on any atom is -0.452 e. The lowest BCUT2D eigenvalue weighted by molar-refractivity contribution is -0.119. The van der Waals surface area contributed by atoms with Crippen molar-refractivity contribution in [1.82, 2.24) is 4.31 Å². The Labute approximate surface area is 214 Å². The number of anilines is 1. The van der Waals surface area contributed by atoms with Crippen LogP contribution in [0.2, 0.25) is 5.02 Å². The molecule has 3 aromatic carbocycles. The topological polar surface area (TPSA) is 110 Å². The summed E-state index contributed by atoms with van der Waals surface area (Å²) >= 11 is 5.88. The highest BCUT2D eigenvalue weighted by Crippen LogP contribution is 2.20. The Morgan fingerprint density at radius 1 is 0.889 bits per heavy atom. The maximum atomic E-state index is 12.9. The number of nitrogens with one attached hydrogen (secondary N) is 1. The molecule has 0 aliphatic heterocycles. The van der Waals surface area contributed by atoms with Crippen molar-refractivity contribution in [2.24, 2.45) is 0 Å². The average molecular weight is 529 g/mol. The number of nitrogens with zero attached hydrogens (tertiary/aromatic N) is 1. The summed E-state index contributed by atoms with van der Waals surface area (Å²) in [5.74, 6) is -1.90. The van der Waals surface area contributed by atoms with Gasteiger partial charge in [-0.15, -0.1) is 0 Å². The molecule has 188 valence electrons. The Morgan fingerprint density at radius 3 is 2.17 bits per heavy atom. The molecule has 0 fully saturated rings. The van der Waals surface area contributed by atoms with Crippen LogP contribution in [0.3, 0.4) is 0 Å². The van der Waals surface area contributed by atoms with Gasteiger partial charge in [-0.2, -0.15) is 4.31 Å². The summed E-state index contributed by atoms with van der Waals surface area (Å²) in [6.07, 6.45) is 0. The van der Waals surface area contributed by atoms with Gasteiger partial charge in [-0.1, -0.05) is 49.7 Å². The van der Waals surface area contributed by atoms with Crippen LogP contribution in [0.15, 0.2) is 77.7 Å². The van der Waals surface area contributed by atoms with Gasteiger partial charge in [0.25, 0.3) is 5.91 Å². The molecule has 0 radical (unpaired) electrons. The SMILES string of the molecule is CCN(CC)S(=O)(=O)c1cccc(NC(=O)COC(=O)c2ccccc2C(=O)c2ccc(Cl)cc2)c1. The van der Waals surface area contributed by atoms with E-state index in [1.165, 1.54) is 40.7 Å². The third kappa shape index (κ3) is 6.37. The number of halogens is 1. The first-order chi connectivity index (χ1) is 17.2. The first-order valence-electron chi connectivity index (χ1n) is 11.1. The Balaban J connectivity index is 1.68. The third-order valence-corrected chi connectivity index (χ3v) is 7.59. The molecular formula is C26H25ClN2O6S. The molecule has 0 unspecified atom stereocenters. The lowest BCUT2D eigenvalue weighted by Crippen LogP contribution is -2.30. The van der Waals surface area contributed by atoms with Crippen LogP contribution in [0.5, 0.6) is 0 Å². The quantitative estimate of drug-likeness (QED) is 0.308. The first kappa shape index (κ1) is 27.1. The van der Waals surface area contributed by atoms with E-state index in [2.05, 4.69) is 5.32 Å². The van der Waals surface area contributed by atoms with E-state index >= 15 is 0 Å². The zero-order chi connectivity index (χ0) is 26.3. The zero-order valence-corrected chi connectivity index (χ0v) is 21.3. The molecule has 36 heavy (non-hydrogen) atoms. The van der Waals surface area contributed by atoms with Gasteiger partial charge in [0.2, 0.25) is 10.0 Å². The van der Waals surface area contributed by atoms with Crippen LogP contribution in [-0.4, -0.2) is 50.1 Å². The summed E-state index contributed by atoms with van der Waals surface area (Å²) in [6, 6.07) is 18.2. The molecule has 0 spiro atoms. The molecule has 1 amide bonds. The van der Waals surface area contributed by atoms with E-state index in [1.807, 2.05) is 0 Å². The van der Waals surface area contributed by atoms with Crippen molar-refractivity contribution in [3.8, 4) is 0 Å². The Bertz CT molecular complexity index is 1370. The van der Waals surface area contributed by atoms with Crippen LogP contribution in [0.25, 0.3) is 0 Å². The third-order valence-electron chi connectivity index (χ3n) is 5.29. The highest BCUT2D eigenvalue weighted by atomic mass is 35.5. The summed E-state index contributed by atoms with van der Waals surface area (Å²) in [6.45, 7) is 3.47. The monoisotopic (exact) mass is 528 g/mol. The van der Waals surface area contributed by atoms with E-state index in [4.69, 9.17) is 16.3 Å². The predicted molar refractivity (Wildman–Crippen MR) is 137 cm³/mol. The van der Waals surface area contributed by atoms with Crippen molar-refractivity contribution in [2.45, 2.75) is 18.7 Å². The molecule has 3 aromatic rings. The number of esters is 1. The molecule has 0 aliphatic rings. The molecule has 0 aliphatic carbocycles. The van der Waals surface area contributed by atoms with E-state index in [-0.39, 0.29) is 21.7 Å². The summed E-state index contributed by atoms with van der Waals surface area (Å²) < 4.78 is 31.9. The van der Waals surface area contributed by atoms with E-state index in [1.54, 1.807) is 50.2 Å². The molecule has 3 rings (SSSR count). The van der Waals surface area contributed by atoms with Gasteiger partial charge in [0.1, 0.15) is 0 Å². The van der Waals surface area contributed by atoms with Gasteiger partial charge in [0, 0.05) is 34.9 Å². The second kappa shape index (κ2) is 11.9. The summed E-state index contributed by atoms with van der Waals surface area (Å²) in [5, 5.41) is 3.00. The van der Waals surface area contributed by atoms with Crippen molar-refractivity contribution >= 4 is 45.0 Å². The van der Waals surface area contributed by atoms with E-state index < -0.39 is 34.3 Å². The number of benzene rings is 3. The number of amides is 1. The number of ketones is 1. The van der Waals surface area contributed by atoms with Crippen LogP contribution in [0, 0.1) is 0 Å². The Kier molecular flexibility index (Phi) is 8.98. The molecule has 0 heterocycles. The molecule has 8 nitrogen and oxygen atoms in total. The smallest absolute Gasteiger partial charge is 0.339 e. The molecule has 0 bridgehead atoms. The summed E-state index contributed by atoms with van der Waals surface area (Å²) in [4.78, 5) is 38.0. The molecule has 0 saturated carbocycles. The van der Waals surface area contributed by atoms with Crippen molar-refractivity contribution in [2.75, 3.05) is 25.0 Å². The van der Waals surface area contributed by atoms with Gasteiger partial charge >= 0.3 is 5.97 Å². The van der Waals surface area contributed by atoms with Crippen LogP contribution >= 0.6 is 11.6 Å². The van der Waals surface area contributed by atoms with Gasteiger partial charge < -0.3 is 10.1 Å². The van der Waals surface area contributed by atoms with Crippen LogP contribution < -0.4 is 5.32 Å². The van der Waals surface area contributed by atoms with Gasteiger partial charge in [-0.05, 0) is 48.5 Å². The maximum Gasteiger partial charge on any atom is 0.339 e. The highest BCUT2D eigenvalue weighted by molar-refractivity contribution is 7.89. The molecule has 0 aromatic heterocycles. The minimum absolute atomic E-state index is 0.0116. The fraction of sp³-hybridized carbons (Fsp3) is 0.192. The fourth-order valence-corrected chi connectivity index (χ4v) is 5.10. The average Bonchev–Trinajstić information content (AvgIpc) is 2.88. The van der Waals surface area contributed by atoms with Crippen molar-refractivity contribution in [3.63, 3.8) is 0 Å². The van der Waals surface area contributed by atoms with Crippen LogP contribution in [0.1, 0.15) is 40.1 Å². The summed E-state index contributed by atoms with van der Waals surface area (Å²) in [7, 11) is -3.70. The Morgan fingerprint density at radius 2 is 1.53 bits per heavy atom.